The number of ether oxygens (including phenoxy) is 2. The summed E-state index contributed by atoms with van der Waals surface area (Å²) >= 11 is 0.972. The van der Waals surface area contributed by atoms with Crippen LogP contribution in [-0.4, -0.2) is 41.8 Å². The molecule has 8 nitrogen and oxygen atoms in total. The number of esters is 2. The van der Waals surface area contributed by atoms with Crippen molar-refractivity contribution in [3.63, 3.8) is 0 Å². The fourth-order valence-corrected chi connectivity index (χ4v) is 3.34. The van der Waals surface area contributed by atoms with Crippen LogP contribution in [0, 0.1) is 6.92 Å². The molecule has 2 aromatic rings. The SMILES string of the molecule is CCOC(=O)c1c(NC(=O)COC(=O)c2ccccn2)sc(C(C)=O)c1C. The van der Waals surface area contributed by atoms with E-state index in [2.05, 4.69) is 10.3 Å². The number of hydrogen-bond acceptors (Lipinski definition) is 8. The van der Waals surface area contributed by atoms with E-state index in [-0.39, 0.29) is 28.6 Å². The van der Waals surface area contributed by atoms with Crippen molar-refractivity contribution in [1.82, 2.24) is 4.98 Å². The van der Waals surface area contributed by atoms with Gasteiger partial charge in [-0.05, 0) is 38.5 Å². The number of aromatic nitrogens is 1. The number of thiophene rings is 1. The van der Waals surface area contributed by atoms with E-state index in [1.807, 2.05) is 0 Å². The third-order valence-corrected chi connectivity index (χ3v) is 4.72. The van der Waals surface area contributed by atoms with E-state index in [1.165, 1.54) is 19.2 Å². The van der Waals surface area contributed by atoms with Gasteiger partial charge in [0.25, 0.3) is 5.91 Å². The molecule has 0 fully saturated rings. The van der Waals surface area contributed by atoms with Crippen LogP contribution in [-0.2, 0) is 14.3 Å². The first kappa shape index (κ1) is 20.2. The lowest BCUT2D eigenvalue weighted by Crippen LogP contribution is -2.22. The van der Waals surface area contributed by atoms with Crippen LogP contribution in [0.2, 0.25) is 0 Å². The van der Waals surface area contributed by atoms with Gasteiger partial charge in [-0.1, -0.05) is 6.07 Å². The van der Waals surface area contributed by atoms with Gasteiger partial charge in [0.2, 0.25) is 0 Å². The third kappa shape index (κ3) is 4.98. The van der Waals surface area contributed by atoms with Crippen LogP contribution < -0.4 is 5.32 Å². The second-order valence-corrected chi connectivity index (χ2v) is 6.40. The summed E-state index contributed by atoms with van der Waals surface area (Å²) in [7, 11) is 0. The Kier molecular flexibility index (Phi) is 6.78. The molecule has 1 amide bonds. The van der Waals surface area contributed by atoms with Crippen molar-refractivity contribution in [3.8, 4) is 0 Å². The lowest BCUT2D eigenvalue weighted by molar-refractivity contribution is -0.119. The molecule has 2 aromatic heterocycles. The molecule has 0 aromatic carbocycles. The van der Waals surface area contributed by atoms with Gasteiger partial charge < -0.3 is 14.8 Å². The number of amides is 1. The van der Waals surface area contributed by atoms with Crippen LogP contribution in [0.1, 0.15) is 49.9 Å². The highest BCUT2D eigenvalue weighted by Gasteiger charge is 2.25. The second kappa shape index (κ2) is 9.04. The van der Waals surface area contributed by atoms with Gasteiger partial charge in [-0.3, -0.25) is 9.59 Å². The highest BCUT2D eigenvalue weighted by molar-refractivity contribution is 7.18. The Morgan fingerprint density at radius 1 is 1.15 bits per heavy atom. The normalized spacial score (nSPS) is 10.2. The maximum absolute atomic E-state index is 12.2. The molecule has 9 heteroatoms. The molecule has 0 atom stereocenters. The number of pyridine rings is 1. The Hall–Kier alpha value is -3.07. The Morgan fingerprint density at radius 3 is 2.48 bits per heavy atom. The zero-order chi connectivity index (χ0) is 20.0. The second-order valence-electron chi connectivity index (χ2n) is 5.38. The minimum atomic E-state index is -0.747. The Bertz CT molecular complexity index is 875. The summed E-state index contributed by atoms with van der Waals surface area (Å²) in [5, 5.41) is 2.68. The molecule has 0 unspecified atom stereocenters. The molecule has 0 saturated carbocycles. The third-order valence-electron chi connectivity index (χ3n) is 3.41. The lowest BCUT2D eigenvalue weighted by atomic mass is 10.1. The van der Waals surface area contributed by atoms with Gasteiger partial charge in [-0.25, -0.2) is 14.6 Å². The predicted octanol–water partition coefficient (Wildman–Crippen LogP) is 2.63. The summed E-state index contributed by atoms with van der Waals surface area (Å²) in [5.74, 6) is -2.27. The van der Waals surface area contributed by atoms with Crippen molar-refractivity contribution in [3.05, 3.63) is 46.1 Å². The highest BCUT2D eigenvalue weighted by Crippen LogP contribution is 2.34. The largest absolute Gasteiger partial charge is 0.462 e. The van der Waals surface area contributed by atoms with Crippen LogP contribution in [0.4, 0.5) is 5.00 Å². The number of nitrogens with one attached hydrogen (secondary N) is 1. The molecule has 2 rings (SSSR count). The van der Waals surface area contributed by atoms with Crippen molar-refractivity contribution in [1.29, 1.82) is 0 Å². The van der Waals surface area contributed by atoms with Crippen LogP contribution in [0.25, 0.3) is 0 Å². The maximum atomic E-state index is 12.2. The predicted molar refractivity (Wildman–Crippen MR) is 98.2 cm³/mol. The molecular formula is C18H18N2O6S. The van der Waals surface area contributed by atoms with Gasteiger partial charge in [0, 0.05) is 6.20 Å². The zero-order valence-corrected chi connectivity index (χ0v) is 15.8. The lowest BCUT2D eigenvalue weighted by Gasteiger charge is -2.07. The van der Waals surface area contributed by atoms with Crippen molar-refractivity contribution in [2.75, 3.05) is 18.5 Å². The summed E-state index contributed by atoms with van der Waals surface area (Å²) in [4.78, 5) is 52.1. The molecule has 2 heterocycles. The summed E-state index contributed by atoms with van der Waals surface area (Å²) < 4.78 is 9.89. The van der Waals surface area contributed by atoms with Crippen molar-refractivity contribution in [2.45, 2.75) is 20.8 Å². The van der Waals surface area contributed by atoms with Gasteiger partial charge in [-0.2, -0.15) is 0 Å². The molecule has 0 bridgehead atoms. The van der Waals surface area contributed by atoms with Crippen molar-refractivity contribution in [2.24, 2.45) is 0 Å². The first-order valence-corrected chi connectivity index (χ1v) is 8.86. The number of Topliss-reactive ketones (excluding diaryl/α,β-unsaturated/α-hetero) is 1. The molecule has 0 radical (unpaired) electrons. The Labute approximate surface area is 159 Å². The summed E-state index contributed by atoms with van der Waals surface area (Å²) in [5.41, 5.74) is 0.631. The smallest absolute Gasteiger partial charge is 0.357 e. The number of nitrogens with zero attached hydrogens (tertiary/aromatic N) is 1. The number of ketones is 1. The minimum absolute atomic E-state index is 0.0725. The first-order valence-electron chi connectivity index (χ1n) is 8.04. The molecule has 1 N–H and O–H groups in total. The number of rotatable bonds is 7. The first-order chi connectivity index (χ1) is 12.8. The summed E-state index contributed by atoms with van der Waals surface area (Å²) in [6, 6.07) is 4.72. The molecular weight excluding hydrogens is 372 g/mol. The van der Waals surface area contributed by atoms with Gasteiger partial charge in [0.15, 0.2) is 12.4 Å². The van der Waals surface area contributed by atoms with Crippen LogP contribution in [0.5, 0.6) is 0 Å². The van der Waals surface area contributed by atoms with Gasteiger partial charge in [0.1, 0.15) is 10.7 Å². The highest BCUT2D eigenvalue weighted by atomic mass is 32.1. The topological polar surface area (TPSA) is 112 Å². The fraction of sp³-hybridized carbons (Fsp3) is 0.278. The standard InChI is InChI=1S/C18H18N2O6S/c1-4-25-18(24)14-10(2)15(11(3)21)27-16(14)20-13(22)9-26-17(23)12-7-5-6-8-19-12/h5-8H,4,9H2,1-3H3,(H,20,22). The minimum Gasteiger partial charge on any atom is -0.462 e. The summed E-state index contributed by atoms with van der Waals surface area (Å²) in [6.07, 6.45) is 1.43. The van der Waals surface area contributed by atoms with E-state index in [0.29, 0.717) is 10.4 Å². The van der Waals surface area contributed by atoms with E-state index >= 15 is 0 Å². The molecule has 0 saturated heterocycles. The number of anilines is 1. The molecule has 0 spiro atoms. The fourth-order valence-electron chi connectivity index (χ4n) is 2.24. The maximum Gasteiger partial charge on any atom is 0.357 e. The van der Waals surface area contributed by atoms with E-state index < -0.39 is 24.5 Å². The van der Waals surface area contributed by atoms with Crippen LogP contribution in [0.3, 0.4) is 0 Å². The van der Waals surface area contributed by atoms with E-state index in [9.17, 15) is 19.2 Å². The van der Waals surface area contributed by atoms with E-state index in [4.69, 9.17) is 9.47 Å². The monoisotopic (exact) mass is 390 g/mol. The average Bonchev–Trinajstić information content (AvgIpc) is 2.97. The van der Waals surface area contributed by atoms with Crippen molar-refractivity contribution >= 4 is 40.0 Å². The molecule has 27 heavy (non-hydrogen) atoms. The van der Waals surface area contributed by atoms with E-state index in [1.54, 1.807) is 26.0 Å². The van der Waals surface area contributed by atoms with E-state index in [0.717, 1.165) is 11.3 Å². The molecule has 0 aliphatic heterocycles. The van der Waals surface area contributed by atoms with Gasteiger partial charge >= 0.3 is 11.9 Å². The average molecular weight is 390 g/mol. The van der Waals surface area contributed by atoms with Crippen LogP contribution in [0.15, 0.2) is 24.4 Å². The van der Waals surface area contributed by atoms with Gasteiger partial charge in [0.05, 0.1) is 17.0 Å². The summed E-state index contributed by atoms with van der Waals surface area (Å²) in [6.45, 7) is 4.22. The number of hydrogen-bond donors (Lipinski definition) is 1. The van der Waals surface area contributed by atoms with Crippen LogP contribution >= 0.6 is 11.3 Å². The zero-order valence-electron chi connectivity index (χ0n) is 15.0. The number of carbonyl (C=O) groups is 4. The number of carbonyl (C=O) groups excluding carboxylic acids is 4. The van der Waals surface area contributed by atoms with Crippen molar-refractivity contribution < 1.29 is 28.7 Å². The quantitative estimate of drug-likeness (QED) is 0.571. The molecule has 0 aliphatic rings. The van der Waals surface area contributed by atoms with Gasteiger partial charge in [-0.15, -0.1) is 11.3 Å². The molecule has 0 aliphatic carbocycles. The Balaban J connectivity index is 2.12. The molecule has 142 valence electrons. The Morgan fingerprint density at radius 2 is 1.89 bits per heavy atom.